The normalized spacial score (nSPS) is 10.6. The molecule has 2 aromatic heterocycles. The molecule has 6 nitrogen and oxygen atoms in total. The van der Waals surface area contributed by atoms with Crippen LogP contribution < -0.4 is 5.32 Å². The van der Waals surface area contributed by atoms with Gasteiger partial charge in [0.2, 0.25) is 0 Å². The molecule has 0 fully saturated rings. The minimum absolute atomic E-state index is 0.0910. The zero-order valence-corrected chi connectivity index (χ0v) is 14.4. The summed E-state index contributed by atoms with van der Waals surface area (Å²) in [6, 6.07) is 11.4. The van der Waals surface area contributed by atoms with E-state index in [0.717, 1.165) is 22.8 Å². The second kappa shape index (κ2) is 7.70. The number of nitrogens with zero attached hydrogens (tertiary/aromatic N) is 4. The van der Waals surface area contributed by atoms with Gasteiger partial charge in [0.05, 0.1) is 6.54 Å². The maximum Gasteiger partial charge on any atom is 0.251 e. The summed E-state index contributed by atoms with van der Waals surface area (Å²) in [6.07, 6.45) is 4.25. The van der Waals surface area contributed by atoms with Crippen LogP contribution in [0.3, 0.4) is 0 Å². The molecule has 0 aliphatic carbocycles. The van der Waals surface area contributed by atoms with E-state index < -0.39 is 0 Å². The van der Waals surface area contributed by atoms with Crippen molar-refractivity contribution in [2.45, 2.75) is 26.8 Å². The first-order valence-corrected chi connectivity index (χ1v) is 8.26. The number of aryl methyl sites for hydroxylation is 2. The second-order valence-corrected chi connectivity index (χ2v) is 5.98. The first-order chi connectivity index (χ1) is 12.1. The lowest BCUT2D eigenvalue weighted by Gasteiger charge is -2.08. The van der Waals surface area contributed by atoms with Crippen LogP contribution in [0.15, 0.2) is 48.8 Å². The van der Waals surface area contributed by atoms with E-state index in [2.05, 4.69) is 20.4 Å². The number of hydrogen-bond acceptors (Lipinski definition) is 4. The average Bonchev–Trinajstić information content (AvgIpc) is 3.07. The smallest absolute Gasteiger partial charge is 0.251 e. The van der Waals surface area contributed by atoms with Crippen molar-refractivity contribution in [3.63, 3.8) is 0 Å². The van der Waals surface area contributed by atoms with Gasteiger partial charge < -0.3 is 5.32 Å². The van der Waals surface area contributed by atoms with Crippen molar-refractivity contribution in [3.8, 4) is 0 Å². The first-order valence-electron chi connectivity index (χ1n) is 8.26. The van der Waals surface area contributed by atoms with Crippen LogP contribution in [0.2, 0.25) is 0 Å². The molecule has 1 amide bonds. The molecule has 2 heterocycles. The maximum absolute atomic E-state index is 12.3. The van der Waals surface area contributed by atoms with E-state index in [9.17, 15) is 4.79 Å². The van der Waals surface area contributed by atoms with Gasteiger partial charge in [-0.25, -0.2) is 9.97 Å². The van der Waals surface area contributed by atoms with Gasteiger partial charge in [-0.15, -0.1) is 0 Å². The second-order valence-electron chi connectivity index (χ2n) is 5.98. The Bertz CT molecular complexity index is 838. The van der Waals surface area contributed by atoms with Gasteiger partial charge in [0.25, 0.3) is 5.91 Å². The largest absolute Gasteiger partial charge is 0.352 e. The standard InChI is InChI=1S/C19H21N5O/c1-14-11-15(2)23-18(22-14)7-9-20-19(25)17-6-3-5-16(12-17)13-24-10-4-8-21-24/h3-6,8,10-12H,7,9,13H2,1-2H3,(H,20,25). The van der Waals surface area contributed by atoms with Gasteiger partial charge in [-0.1, -0.05) is 12.1 Å². The molecule has 128 valence electrons. The Morgan fingerprint density at radius 2 is 1.92 bits per heavy atom. The van der Waals surface area contributed by atoms with E-state index in [4.69, 9.17) is 0 Å². The van der Waals surface area contributed by atoms with Gasteiger partial charge in [-0.05, 0) is 43.7 Å². The molecule has 3 aromatic rings. The van der Waals surface area contributed by atoms with Gasteiger partial charge in [-0.3, -0.25) is 9.48 Å². The zero-order valence-electron chi connectivity index (χ0n) is 14.4. The number of carbonyl (C=O) groups excluding carboxylic acids is 1. The summed E-state index contributed by atoms with van der Waals surface area (Å²) in [7, 11) is 0. The highest BCUT2D eigenvalue weighted by Crippen LogP contribution is 2.07. The number of amides is 1. The molecule has 0 unspecified atom stereocenters. The third-order valence-corrected chi connectivity index (χ3v) is 3.76. The summed E-state index contributed by atoms with van der Waals surface area (Å²) >= 11 is 0. The Hall–Kier alpha value is -3.02. The van der Waals surface area contributed by atoms with E-state index in [0.29, 0.717) is 25.1 Å². The molecule has 0 atom stereocenters. The number of rotatable bonds is 6. The molecule has 0 radical (unpaired) electrons. The molecule has 3 rings (SSSR count). The molecule has 0 saturated carbocycles. The van der Waals surface area contributed by atoms with Gasteiger partial charge >= 0.3 is 0 Å². The molecule has 0 aliphatic rings. The van der Waals surface area contributed by atoms with Gasteiger partial charge in [0.1, 0.15) is 5.82 Å². The molecule has 0 bridgehead atoms. The van der Waals surface area contributed by atoms with Gasteiger partial charge in [-0.2, -0.15) is 5.10 Å². The monoisotopic (exact) mass is 335 g/mol. The SMILES string of the molecule is Cc1cc(C)nc(CCNC(=O)c2cccc(Cn3cccn3)c2)n1. The number of nitrogens with one attached hydrogen (secondary N) is 1. The van der Waals surface area contributed by atoms with E-state index in [-0.39, 0.29) is 5.91 Å². The summed E-state index contributed by atoms with van der Waals surface area (Å²) in [6.45, 7) is 5.04. The number of aromatic nitrogens is 4. The Morgan fingerprint density at radius 1 is 1.12 bits per heavy atom. The minimum atomic E-state index is -0.0910. The fraction of sp³-hybridized carbons (Fsp3) is 0.263. The van der Waals surface area contributed by atoms with Crippen molar-refractivity contribution < 1.29 is 4.79 Å². The fourth-order valence-corrected chi connectivity index (χ4v) is 2.69. The predicted octanol–water partition coefficient (Wildman–Crippen LogP) is 2.31. The van der Waals surface area contributed by atoms with Gasteiger partial charge in [0, 0.05) is 42.3 Å². The van der Waals surface area contributed by atoms with Crippen LogP contribution >= 0.6 is 0 Å². The molecule has 1 aromatic carbocycles. The lowest BCUT2D eigenvalue weighted by molar-refractivity contribution is 0.0954. The highest BCUT2D eigenvalue weighted by atomic mass is 16.1. The lowest BCUT2D eigenvalue weighted by atomic mass is 10.1. The Labute approximate surface area is 146 Å². The van der Waals surface area contributed by atoms with Crippen LogP contribution in [0.25, 0.3) is 0 Å². The molecule has 25 heavy (non-hydrogen) atoms. The summed E-state index contributed by atoms with van der Waals surface area (Å²) < 4.78 is 1.83. The van der Waals surface area contributed by atoms with Crippen molar-refractivity contribution in [1.29, 1.82) is 0 Å². The zero-order chi connectivity index (χ0) is 17.6. The first kappa shape index (κ1) is 16.8. The van der Waals surface area contributed by atoms with E-state index in [1.807, 2.05) is 61.1 Å². The van der Waals surface area contributed by atoms with E-state index >= 15 is 0 Å². The molecule has 1 N–H and O–H groups in total. The van der Waals surface area contributed by atoms with Crippen molar-refractivity contribution in [2.24, 2.45) is 0 Å². The highest BCUT2D eigenvalue weighted by molar-refractivity contribution is 5.94. The van der Waals surface area contributed by atoms with Crippen molar-refractivity contribution >= 4 is 5.91 Å². The number of benzene rings is 1. The fourth-order valence-electron chi connectivity index (χ4n) is 2.69. The van der Waals surface area contributed by atoms with Crippen molar-refractivity contribution in [2.75, 3.05) is 6.54 Å². The van der Waals surface area contributed by atoms with E-state index in [1.54, 1.807) is 6.20 Å². The molecule has 0 spiro atoms. The third-order valence-electron chi connectivity index (χ3n) is 3.76. The number of hydrogen-bond donors (Lipinski definition) is 1. The summed E-state index contributed by atoms with van der Waals surface area (Å²) in [4.78, 5) is 21.1. The maximum atomic E-state index is 12.3. The summed E-state index contributed by atoms with van der Waals surface area (Å²) in [5.74, 6) is 0.664. The Kier molecular flexibility index (Phi) is 5.18. The highest BCUT2D eigenvalue weighted by Gasteiger charge is 2.07. The van der Waals surface area contributed by atoms with Crippen LogP contribution in [0, 0.1) is 13.8 Å². The van der Waals surface area contributed by atoms with Crippen LogP contribution in [-0.4, -0.2) is 32.2 Å². The molecule has 0 aliphatic heterocycles. The third kappa shape index (κ3) is 4.73. The summed E-state index contributed by atoms with van der Waals surface area (Å²) in [5.41, 5.74) is 3.57. The minimum Gasteiger partial charge on any atom is -0.352 e. The number of carbonyl (C=O) groups is 1. The van der Waals surface area contributed by atoms with Crippen LogP contribution in [0.4, 0.5) is 0 Å². The van der Waals surface area contributed by atoms with Crippen molar-refractivity contribution in [1.82, 2.24) is 25.1 Å². The molecule has 0 saturated heterocycles. The predicted molar refractivity (Wildman–Crippen MR) is 95.3 cm³/mol. The Balaban J connectivity index is 1.57. The summed E-state index contributed by atoms with van der Waals surface area (Å²) in [5, 5.41) is 7.12. The molecular weight excluding hydrogens is 314 g/mol. The lowest BCUT2D eigenvalue weighted by Crippen LogP contribution is -2.26. The Morgan fingerprint density at radius 3 is 2.64 bits per heavy atom. The molecule has 6 heteroatoms. The topological polar surface area (TPSA) is 72.7 Å². The van der Waals surface area contributed by atoms with E-state index in [1.165, 1.54) is 0 Å². The van der Waals surface area contributed by atoms with Gasteiger partial charge in [0.15, 0.2) is 0 Å². The quantitative estimate of drug-likeness (QED) is 0.750. The van der Waals surface area contributed by atoms with Crippen LogP contribution in [0.5, 0.6) is 0 Å². The molecular formula is C19H21N5O. The van der Waals surface area contributed by atoms with Crippen LogP contribution in [-0.2, 0) is 13.0 Å². The average molecular weight is 335 g/mol. The van der Waals surface area contributed by atoms with Crippen molar-refractivity contribution in [3.05, 3.63) is 77.1 Å². The van der Waals surface area contributed by atoms with Crippen LogP contribution in [0.1, 0.15) is 33.1 Å².